The second kappa shape index (κ2) is 11.5. The fourth-order valence-corrected chi connectivity index (χ4v) is 6.14. The van der Waals surface area contributed by atoms with E-state index in [1.54, 1.807) is 21.1 Å². The van der Waals surface area contributed by atoms with E-state index in [1.807, 2.05) is 26.8 Å². The van der Waals surface area contributed by atoms with Crippen LogP contribution >= 0.6 is 0 Å². The Morgan fingerprint density at radius 1 is 0.946 bits per heavy atom. The zero-order valence-corrected chi connectivity index (χ0v) is 24.2. The predicted octanol–water partition coefficient (Wildman–Crippen LogP) is 6.64. The Bertz CT molecular complexity index is 1090. The van der Waals surface area contributed by atoms with Crippen LogP contribution < -0.4 is 9.47 Å². The van der Waals surface area contributed by atoms with Crippen LogP contribution in [-0.2, 0) is 21.4 Å². The van der Waals surface area contributed by atoms with Crippen LogP contribution in [0.15, 0.2) is 30.3 Å². The molecule has 0 amide bonds. The zero-order chi connectivity index (χ0) is 27.5. The molecule has 0 spiro atoms. The Kier molecular flexibility index (Phi) is 9.00. The molecule has 1 fully saturated rings. The maximum Gasteiger partial charge on any atom is 0.338 e. The van der Waals surface area contributed by atoms with Gasteiger partial charge in [-0.2, -0.15) is 0 Å². The first-order valence-corrected chi connectivity index (χ1v) is 13.5. The first-order chi connectivity index (χ1) is 17.3. The number of hydrogen-bond acceptors (Lipinski definition) is 5. The van der Waals surface area contributed by atoms with Crippen LogP contribution in [0.2, 0.25) is 0 Å². The van der Waals surface area contributed by atoms with Gasteiger partial charge in [-0.05, 0) is 87.0 Å². The molecule has 2 aromatic rings. The third-order valence-corrected chi connectivity index (χ3v) is 8.78. The fraction of sp³-hybridized carbons (Fsp3) is 0.594. The van der Waals surface area contributed by atoms with E-state index >= 15 is 0 Å². The molecule has 0 bridgehead atoms. The summed E-state index contributed by atoms with van der Waals surface area (Å²) in [7, 11) is 3.32. The molecule has 5 heteroatoms. The van der Waals surface area contributed by atoms with Crippen LogP contribution in [0, 0.1) is 32.6 Å². The van der Waals surface area contributed by atoms with E-state index in [1.165, 1.54) is 5.56 Å². The molecule has 0 saturated heterocycles. The third kappa shape index (κ3) is 5.98. The lowest BCUT2D eigenvalue weighted by atomic mass is 9.64. The highest BCUT2D eigenvalue weighted by Crippen LogP contribution is 2.44. The van der Waals surface area contributed by atoms with Gasteiger partial charge in [0.2, 0.25) is 0 Å². The maximum atomic E-state index is 13.4. The molecule has 1 saturated carbocycles. The SMILES string of the molecule is COc1c(C)c(C)c(OC)c(CC[C@](C)(O)C(=O)OC2CC(C)CCC2C(C)(C)c2ccccc2)c1C. The van der Waals surface area contributed by atoms with Crippen molar-refractivity contribution in [3.05, 3.63) is 58.1 Å². The van der Waals surface area contributed by atoms with E-state index in [0.29, 0.717) is 12.3 Å². The zero-order valence-electron chi connectivity index (χ0n) is 24.2. The van der Waals surface area contributed by atoms with Gasteiger partial charge in [-0.25, -0.2) is 4.79 Å². The van der Waals surface area contributed by atoms with E-state index in [0.717, 1.165) is 53.0 Å². The first kappa shape index (κ1) is 29.0. The number of ether oxygens (including phenoxy) is 3. The Morgan fingerprint density at radius 3 is 2.14 bits per heavy atom. The molecule has 1 aliphatic carbocycles. The summed E-state index contributed by atoms with van der Waals surface area (Å²) in [5.41, 5.74) is 3.43. The van der Waals surface area contributed by atoms with Gasteiger partial charge >= 0.3 is 5.97 Å². The lowest BCUT2D eigenvalue weighted by molar-refractivity contribution is -0.177. The van der Waals surface area contributed by atoms with Gasteiger partial charge in [0.15, 0.2) is 5.60 Å². The summed E-state index contributed by atoms with van der Waals surface area (Å²) in [5.74, 6) is 1.70. The topological polar surface area (TPSA) is 65.0 Å². The van der Waals surface area contributed by atoms with E-state index in [2.05, 4.69) is 45.0 Å². The molecular formula is C32H46O5. The Labute approximate surface area is 223 Å². The number of hydrogen-bond donors (Lipinski definition) is 1. The van der Waals surface area contributed by atoms with Gasteiger partial charge in [0, 0.05) is 11.5 Å². The van der Waals surface area contributed by atoms with Gasteiger partial charge in [0.25, 0.3) is 0 Å². The smallest absolute Gasteiger partial charge is 0.338 e. The summed E-state index contributed by atoms with van der Waals surface area (Å²) in [6.07, 6.45) is 3.36. The lowest BCUT2D eigenvalue weighted by Crippen LogP contribution is -2.47. The van der Waals surface area contributed by atoms with Crippen LogP contribution in [0.1, 0.15) is 81.2 Å². The minimum atomic E-state index is -1.62. The summed E-state index contributed by atoms with van der Waals surface area (Å²) in [5, 5.41) is 11.3. The summed E-state index contributed by atoms with van der Waals surface area (Å²) in [6, 6.07) is 10.5. The second-order valence-electron chi connectivity index (χ2n) is 11.8. The largest absolute Gasteiger partial charge is 0.496 e. The van der Waals surface area contributed by atoms with Crippen molar-refractivity contribution in [3.8, 4) is 11.5 Å². The molecule has 37 heavy (non-hydrogen) atoms. The highest BCUT2D eigenvalue weighted by atomic mass is 16.6. The van der Waals surface area contributed by atoms with E-state index in [-0.39, 0.29) is 23.9 Å². The minimum absolute atomic E-state index is 0.154. The van der Waals surface area contributed by atoms with Crippen LogP contribution in [0.4, 0.5) is 0 Å². The molecule has 3 rings (SSSR count). The normalized spacial score (nSPS) is 21.7. The molecule has 0 aliphatic heterocycles. The van der Waals surface area contributed by atoms with Crippen molar-refractivity contribution in [1.29, 1.82) is 0 Å². The van der Waals surface area contributed by atoms with Crippen molar-refractivity contribution in [2.24, 2.45) is 11.8 Å². The number of carbonyl (C=O) groups is 1. The molecule has 1 aliphatic rings. The summed E-state index contributed by atoms with van der Waals surface area (Å²) in [4.78, 5) is 13.4. The molecule has 0 aromatic heterocycles. The predicted molar refractivity (Wildman–Crippen MR) is 149 cm³/mol. The first-order valence-electron chi connectivity index (χ1n) is 13.5. The van der Waals surface area contributed by atoms with Gasteiger partial charge < -0.3 is 19.3 Å². The summed E-state index contributed by atoms with van der Waals surface area (Å²) >= 11 is 0. The lowest BCUT2D eigenvalue weighted by Gasteiger charge is -2.44. The highest BCUT2D eigenvalue weighted by Gasteiger charge is 2.44. The summed E-state index contributed by atoms with van der Waals surface area (Å²) in [6.45, 7) is 14.3. The van der Waals surface area contributed by atoms with E-state index < -0.39 is 11.6 Å². The van der Waals surface area contributed by atoms with Crippen molar-refractivity contribution in [2.45, 2.75) is 97.7 Å². The van der Waals surface area contributed by atoms with Crippen molar-refractivity contribution >= 4 is 5.97 Å². The van der Waals surface area contributed by atoms with Crippen LogP contribution in [0.3, 0.4) is 0 Å². The molecule has 1 N–H and O–H groups in total. The molecule has 0 radical (unpaired) electrons. The van der Waals surface area contributed by atoms with Gasteiger partial charge in [0.1, 0.15) is 17.6 Å². The molecular weight excluding hydrogens is 464 g/mol. The Morgan fingerprint density at radius 2 is 1.54 bits per heavy atom. The monoisotopic (exact) mass is 510 g/mol. The molecule has 4 atom stereocenters. The highest BCUT2D eigenvalue weighted by molar-refractivity contribution is 5.79. The molecule has 0 heterocycles. The Balaban J connectivity index is 1.81. The standard InChI is InChI=1S/C32H46O5/c1-20-15-16-26(31(5,6)24-13-11-10-12-14-24)27(19-20)37-30(33)32(7,34)18-17-25-23(4)28(35-8)21(2)22(3)29(25)36-9/h10-14,20,26-27,34H,15-19H2,1-9H3/t20?,26?,27?,32-/m0/s1. The van der Waals surface area contributed by atoms with Gasteiger partial charge in [-0.1, -0.05) is 57.5 Å². The van der Waals surface area contributed by atoms with E-state index in [9.17, 15) is 9.90 Å². The van der Waals surface area contributed by atoms with Crippen molar-refractivity contribution in [2.75, 3.05) is 14.2 Å². The third-order valence-electron chi connectivity index (χ3n) is 8.78. The average molecular weight is 511 g/mol. The maximum absolute atomic E-state index is 13.4. The minimum Gasteiger partial charge on any atom is -0.496 e. The molecule has 204 valence electrons. The Hall–Kier alpha value is -2.53. The van der Waals surface area contributed by atoms with E-state index in [4.69, 9.17) is 14.2 Å². The molecule has 5 nitrogen and oxygen atoms in total. The van der Waals surface area contributed by atoms with Crippen LogP contribution in [-0.4, -0.2) is 37.0 Å². The quantitative estimate of drug-likeness (QED) is 0.383. The van der Waals surface area contributed by atoms with Crippen LogP contribution in [0.5, 0.6) is 11.5 Å². The van der Waals surface area contributed by atoms with Crippen molar-refractivity contribution in [3.63, 3.8) is 0 Å². The van der Waals surface area contributed by atoms with Crippen molar-refractivity contribution < 1.29 is 24.1 Å². The van der Waals surface area contributed by atoms with Gasteiger partial charge in [-0.15, -0.1) is 0 Å². The second-order valence-corrected chi connectivity index (χ2v) is 11.8. The number of benzene rings is 2. The molecule has 3 unspecified atom stereocenters. The number of esters is 1. The number of rotatable bonds is 9. The van der Waals surface area contributed by atoms with Gasteiger partial charge in [0.05, 0.1) is 14.2 Å². The van der Waals surface area contributed by atoms with Crippen LogP contribution in [0.25, 0.3) is 0 Å². The fourth-order valence-electron chi connectivity index (χ4n) is 6.14. The summed E-state index contributed by atoms with van der Waals surface area (Å²) < 4.78 is 17.6. The number of methoxy groups -OCH3 is 2. The van der Waals surface area contributed by atoms with Crippen molar-refractivity contribution in [1.82, 2.24) is 0 Å². The number of aliphatic hydroxyl groups is 1. The molecule has 2 aromatic carbocycles. The number of carbonyl (C=O) groups excluding carboxylic acids is 1. The average Bonchev–Trinajstić information content (AvgIpc) is 2.86. The van der Waals surface area contributed by atoms with Gasteiger partial charge in [-0.3, -0.25) is 0 Å².